The molecule has 0 aliphatic heterocycles. The van der Waals surface area contributed by atoms with E-state index in [0.29, 0.717) is 0 Å². The Morgan fingerprint density at radius 3 is 1.45 bits per heavy atom. The van der Waals surface area contributed by atoms with Gasteiger partial charge in [0, 0.05) is 27.2 Å². The lowest BCUT2D eigenvalue weighted by atomic mass is 10.8. The summed E-state index contributed by atoms with van der Waals surface area (Å²) in [4.78, 5) is 9.00. The SMILES string of the molecule is CC(=O)O.CCOCC.CO. The fraction of sp³-hybridized carbons (Fsp3) is 0.857. The molecule has 0 atom stereocenters. The van der Waals surface area contributed by atoms with E-state index in [0.717, 1.165) is 27.2 Å². The second-order valence-electron chi connectivity index (χ2n) is 1.30. The molecule has 0 aliphatic carbocycles. The van der Waals surface area contributed by atoms with Crippen LogP contribution in [0.15, 0.2) is 0 Å². The Morgan fingerprint density at radius 2 is 1.45 bits per heavy atom. The molecular formula is C7H18O4. The summed E-state index contributed by atoms with van der Waals surface area (Å²) >= 11 is 0. The van der Waals surface area contributed by atoms with Gasteiger partial charge in [0.15, 0.2) is 0 Å². The number of carbonyl (C=O) groups is 1. The van der Waals surface area contributed by atoms with E-state index in [9.17, 15) is 0 Å². The molecule has 0 radical (unpaired) electrons. The number of hydrogen-bond donors (Lipinski definition) is 2. The van der Waals surface area contributed by atoms with Crippen molar-refractivity contribution in [3.05, 3.63) is 0 Å². The van der Waals surface area contributed by atoms with Gasteiger partial charge >= 0.3 is 0 Å². The number of aliphatic hydroxyl groups excluding tert-OH is 1. The molecule has 70 valence electrons. The summed E-state index contributed by atoms with van der Waals surface area (Å²) in [6, 6.07) is 0. The van der Waals surface area contributed by atoms with Gasteiger partial charge in [-0.3, -0.25) is 4.79 Å². The number of aliphatic carboxylic acids is 1. The summed E-state index contributed by atoms with van der Waals surface area (Å²) in [6.45, 7) is 6.75. The van der Waals surface area contributed by atoms with Crippen LogP contribution in [-0.4, -0.2) is 36.5 Å². The van der Waals surface area contributed by atoms with E-state index in [1.54, 1.807) is 0 Å². The van der Waals surface area contributed by atoms with E-state index in [2.05, 4.69) is 0 Å². The molecule has 0 spiro atoms. The molecule has 4 nitrogen and oxygen atoms in total. The van der Waals surface area contributed by atoms with Crippen LogP contribution in [0, 0.1) is 0 Å². The van der Waals surface area contributed by atoms with E-state index >= 15 is 0 Å². The van der Waals surface area contributed by atoms with Gasteiger partial charge in [-0.05, 0) is 13.8 Å². The van der Waals surface area contributed by atoms with E-state index < -0.39 is 5.97 Å². The van der Waals surface area contributed by atoms with Crippen molar-refractivity contribution in [3.8, 4) is 0 Å². The molecule has 0 rings (SSSR count). The fourth-order valence-corrected chi connectivity index (χ4v) is 0.204. The highest BCUT2D eigenvalue weighted by atomic mass is 16.5. The highest BCUT2D eigenvalue weighted by Gasteiger charge is 1.65. The third-order valence-electron chi connectivity index (χ3n) is 0.408. The molecule has 0 aromatic rings. The van der Waals surface area contributed by atoms with Crippen LogP contribution in [0.5, 0.6) is 0 Å². The Balaban J connectivity index is -0.0000000965. The third kappa shape index (κ3) is 265. The summed E-state index contributed by atoms with van der Waals surface area (Å²) in [5.41, 5.74) is 0. The lowest BCUT2D eigenvalue weighted by molar-refractivity contribution is -0.134. The Labute approximate surface area is 67.8 Å². The van der Waals surface area contributed by atoms with Gasteiger partial charge in [0.2, 0.25) is 0 Å². The molecule has 0 saturated carbocycles. The maximum atomic E-state index is 9.00. The molecule has 0 amide bonds. The fourth-order valence-electron chi connectivity index (χ4n) is 0.204. The predicted molar refractivity (Wildman–Crippen MR) is 43.6 cm³/mol. The number of ether oxygens (including phenoxy) is 1. The smallest absolute Gasteiger partial charge is 0.300 e. The molecule has 11 heavy (non-hydrogen) atoms. The normalized spacial score (nSPS) is 6.64. The highest BCUT2D eigenvalue weighted by molar-refractivity contribution is 5.62. The molecule has 0 aliphatic rings. The van der Waals surface area contributed by atoms with Crippen molar-refractivity contribution in [2.24, 2.45) is 0 Å². The first-order valence-electron chi connectivity index (χ1n) is 3.37. The van der Waals surface area contributed by atoms with Gasteiger partial charge in [0.1, 0.15) is 0 Å². The lowest BCUT2D eigenvalue weighted by Crippen LogP contribution is -1.84. The highest BCUT2D eigenvalue weighted by Crippen LogP contribution is 1.64. The summed E-state index contributed by atoms with van der Waals surface area (Å²) in [5.74, 6) is -0.833. The van der Waals surface area contributed by atoms with Crippen LogP contribution in [0.2, 0.25) is 0 Å². The molecule has 0 heterocycles. The van der Waals surface area contributed by atoms with E-state index in [1.165, 1.54) is 0 Å². The molecule has 0 bridgehead atoms. The first-order chi connectivity index (χ1) is 5.15. The zero-order chi connectivity index (χ0) is 9.70. The topological polar surface area (TPSA) is 66.8 Å². The zero-order valence-electron chi connectivity index (χ0n) is 7.63. The van der Waals surface area contributed by atoms with Crippen molar-refractivity contribution >= 4 is 5.97 Å². The average Bonchev–Trinajstić information content (AvgIpc) is 1.93. The lowest BCUT2D eigenvalue weighted by Gasteiger charge is -1.86. The molecule has 0 aromatic heterocycles. The summed E-state index contributed by atoms with van der Waals surface area (Å²) in [7, 11) is 1.00. The van der Waals surface area contributed by atoms with Gasteiger partial charge in [0.25, 0.3) is 5.97 Å². The molecular weight excluding hydrogens is 148 g/mol. The van der Waals surface area contributed by atoms with Crippen molar-refractivity contribution in [3.63, 3.8) is 0 Å². The average molecular weight is 166 g/mol. The van der Waals surface area contributed by atoms with E-state index in [-0.39, 0.29) is 0 Å². The summed E-state index contributed by atoms with van der Waals surface area (Å²) in [5, 5.41) is 14.4. The molecule has 0 aromatic carbocycles. The number of carboxylic acid groups (broad SMARTS) is 1. The van der Waals surface area contributed by atoms with Crippen LogP contribution in [0.4, 0.5) is 0 Å². The first-order valence-corrected chi connectivity index (χ1v) is 3.37. The van der Waals surface area contributed by atoms with E-state index in [1.807, 2.05) is 13.8 Å². The van der Waals surface area contributed by atoms with Gasteiger partial charge < -0.3 is 14.9 Å². The van der Waals surface area contributed by atoms with Crippen LogP contribution in [0.25, 0.3) is 0 Å². The van der Waals surface area contributed by atoms with Crippen molar-refractivity contribution in [2.45, 2.75) is 20.8 Å². The largest absolute Gasteiger partial charge is 0.481 e. The van der Waals surface area contributed by atoms with Crippen LogP contribution in [0.3, 0.4) is 0 Å². The first kappa shape index (κ1) is 16.8. The maximum Gasteiger partial charge on any atom is 0.300 e. The molecule has 0 saturated heterocycles. The van der Waals surface area contributed by atoms with Gasteiger partial charge in [0.05, 0.1) is 0 Å². The molecule has 0 unspecified atom stereocenters. The number of hydrogen-bond acceptors (Lipinski definition) is 3. The number of rotatable bonds is 2. The summed E-state index contributed by atoms with van der Waals surface area (Å²) < 4.78 is 4.83. The van der Waals surface area contributed by atoms with Crippen LogP contribution < -0.4 is 0 Å². The van der Waals surface area contributed by atoms with E-state index in [4.69, 9.17) is 19.7 Å². The monoisotopic (exact) mass is 166 g/mol. The predicted octanol–water partition coefficient (Wildman–Crippen LogP) is 0.742. The number of aliphatic hydroxyl groups is 1. The minimum absolute atomic E-state index is 0.833. The van der Waals surface area contributed by atoms with Gasteiger partial charge in [-0.1, -0.05) is 0 Å². The maximum absolute atomic E-state index is 9.00. The van der Waals surface area contributed by atoms with Crippen molar-refractivity contribution in [2.75, 3.05) is 20.3 Å². The second kappa shape index (κ2) is 22.8. The Bertz CT molecular complexity index is 57.5. The van der Waals surface area contributed by atoms with Crippen molar-refractivity contribution < 1.29 is 19.7 Å². The summed E-state index contributed by atoms with van der Waals surface area (Å²) in [6.07, 6.45) is 0. The minimum atomic E-state index is -0.833. The quantitative estimate of drug-likeness (QED) is 0.635. The van der Waals surface area contributed by atoms with Crippen molar-refractivity contribution in [1.29, 1.82) is 0 Å². The van der Waals surface area contributed by atoms with Gasteiger partial charge in [-0.25, -0.2) is 0 Å². The van der Waals surface area contributed by atoms with Gasteiger partial charge in [-0.2, -0.15) is 0 Å². The Kier molecular flexibility index (Phi) is 34.7. The standard InChI is InChI=1S/C4H10O.C2H4O2.CH4O/c1-3-5-4-2;1-2(3)4;1-2/h3-4H2,1-2H3;1H3,(H,3,4);2H,1H3. The zero-order valence-corrected chi connectivity index (χ0v) is 7.63. The molecule has 2 N–H and O–H groups in total. The van der Waals surface area contributed by atoms with Crippen LogP contribution in [0.1, 0.15) is 20.8 Å². The third-order valence-corrected chi connectivity index (χ3v) is 0.408. The minimum Gasteiger partial charge on any atom is -0.481 e. The molecule has 0 fully saturated rings. The molecule has 4 heteroatoms. The van der Waals surface area contributed by atoms with Gasteiger partial charge in [-0.15, -0.1) is 0 Å². The van der Waals surface area contributed by atoms with Crippen molar-refractivity contribution in [1.82, 2.24) is 0 Å². The Morgan fingerprint density at radius 1 is 1.27 bits per heavy atom. The number of carboxylic acids is 1. The van der Waals surface area contributed by atoms with Crippen LogP contribution in [-0.2, 0) is 9.53 Å². The Hall–Kier alpha value is -0.610. The van der Waals surface area contributed by atoms with Crippen LogP contribution >= 0.6 is 0 Å². The second-order valence-corrected chi connectivity index (χ2v) is 1.30.